The minimum atomic E-state index is -0.280. The smallest absolute Gasteiger partial charge is 0.278 e. The molecular weight excluding hydrogens is 402 g/mol. The Balaban J connectivity index is 0.00000320. The highest BCUT2D eigenvalue weighted by Gasteiger charge is 2.18. The molecule has 0 saturated carbocycles. The van der Waals surface area contributed by atoms with Gasteiger partial charge in [0, 0.05) is 12.2 Å². The lowest BCUT2D eigenvalue weighted by molar-refractivity contribution is 0.102. The molecule has 1 amide bonds. The zero-order valence-electron chi connectivity index (χ0n) is 17.7. The molecule has 8 heteroatoms. The van der Waals surface area contributed by atoms with Crippen LogP contribution >= 0.6 is 12.4 Å². The lowest BCUT2D eigenvalue weighted by atomic mass is 10.1. The second-order valence-corrected chi connectivity index (χ2v) is 6.99. The third-order valence-corrected chi connectivity index (χ3v) is 4.39. The Hall–Kier alpha value is -2.90. The Bertz CT molecular complexity index is 970. The minimum absolute atomic E-state index is 0. The monoisotopic (exact) mass is 429 g/mol. The lowest BCUT2D eigenvalue weighted by Gasteiger charge is -2.11. The molecule has 1 aromatic heterocycles. The number of nitrogens with zero attached hydrogens (tertiary/aromatic N) is 3. The molecule has 1 heterocycles. The fraction of sp³-hybridized carbons (Fsp3) is 0.318. The van der Waals surface area contributed by atoms with Gasteiger partial charge in [0.15, 0.2) is 5.69 Å². The Morgan fingerprint density at radius 2 is 1.83 bits per heavy atom. The number of benzene rings is 2. The van der Waals surface area contributed by atoms with E-state index >= 15 is 0 Å². The maximum absolute atomic E-state index is 12.8. The number of carbonyl (C=O) groups excluding carboxylic acids is 1. The maximum Gasteiger partial charge on any atom is 0.278 e. The molecule has 2 N–H and O–H groups in total. The van der Waals surface area contributed by atoms with E-state index in [-0.39, 0.29) is 24.4 Å². The van der Waals surface area contributed by atoms with Gasteiger partial charge in [-0.15, -0.1) is 17.5 Å². The highest BCUT2D eigenvalue weighted by molar-refractivity contribution is 6.04. The van der Waals surface area contributed by atoms with E-state index in [4.69, 9.17) is 4.74 Å². The Morgan fingerprint density at radius 3 is 2.50 bits per heavy atom. The molecule has 0 aliphatic heterocycles. The van der Waals surface area contributed by atoms with Crippen LogP contribution in [0.1, 0.15) is 42.5 Å². The van der Waals surface area contributed by atoms with Gasteiger partial charge in [-0.1, -0.05) is 30.3 Å². The predicted octanol–water partition coefficient (Wildman–Crippen LogP) is 4.15. The second kappa shape index (κ2) is 10.8. The summed E-state index contributed by atoms with van der Waals surface area (Å²) in [7, 11) is 0. The third kappa shape index (κ3) is 5.58. The third-order valence-electron chi connectivity index (χ3n) is 4.39. The molecule has 0 spiro atoms. The number of rotatable bonds is 8. The molecule has 0 aliphatic rings. The van der Waals surface area contributed by atoms with Crippen molar-refractivity contribution in [3.05, 3.63) is 65.5 Å². The number of halogens is 1. The Kier molecular flexibility index (Phi) is 8.38. The molecule has 0 aliphatic carbocycles. The summed E-state index contributed by atoms with van der Waals surface area (Å²) in [6, 6.07) is 15.3. The highest BCUT2D eigenvalue weighted by atomic mass is 35.5. The van der Waals surface area contributed by atoms with Crippen LogP contribution in [0.25, 0.3) is 5.69 Å². The molecule has 7 nitrogen and oxygen atoms in total. The van der Waals surface area contributed by atoms with Crippen LogP contribution in [0, 0.1) is 6.92 Å². The first-order valence-corrected chi connectivity index (χ1v) is 9.79. The van der Waals surface area contributed by atoms with Crippen molar-refractivity contribution in [1.29, 1.82) is 0 Å². The number of anilines is 1. The summed E-state index contributed by atoms with van der Waals surface area (Å²) in [5.74, 6) is 0.509. The van der Waals surface area contributed by atoms with Crippen LogP contribution < -0.4 is 15.4 Å². The Labute approximate surface area is 183 Å². The molecule has 160 valence electrons. The first kappa shape index (κ1) is 23.4. The van der Waals surface area contributed by atoms with E-state index in [1.165, 1.54) is 0 Å². The number of hydrogen-bond acceptors (Lipinski definition) is 5. The molecule has 0 atom stereocenters. The van der Waals surface area contributed by atoms with Crippen LogP contribution in [-0.4, -0.2) is 33.5 Å². The normalized spacial score (nSPS) is 10.6. The zero-order chi connectivity index (χ0) is 20.8. The lowest BCUT2D eigenvalue weighted by Crippen LogP contribution is -2.18. The standard InChI is InChI=1S/C22H27N5O2.ClH/c1-5-23-14-17-8-6-7-9-20(17)24-22(28)21-16(4)27(26-25-21)18-10-12-19(13-11-18)29-15(2)3;/h6-13,15,23H,5,14H2,1-4H3,(H,24,28);1H. The van der Waals surface area contributed by atoms with Gasteiger partial charge in [0.25, 0.3) is 5.91 Å². The van der Waals surface area contributed by atoms with Crippen molar-refractivity contribution in [2.45, 2.75) is 40.3 Å². The molecule has 0 radical (unpaired) electrons. The molecule has 0 fully saturated rings. The SMILES string of the molecule is CCNCc1ccccc1NC(=O)c1nnn(-c2ccc(OC(C)C)cc2)c1C.Cl. The average Bonchev–Trinajstić information content (AvgIpc) is 3.09. The minimum Gasteiger partial charge on any atom is -0.491 e. The van der Waals surface area contributed by atoms with Crippen molar-refractivity contribution in [3.8, 4) is 11.4 Å². The van der Waals surface area contributed by atoms with Gasteiger partial charge in [-0.05, 0) is 63.2 Å². The zero-order valence-corrected chi connectivity index (χ0v) is 18.5. The number of amides is 1. The fourth-order valence-electron chi connectivity index (χ4n) is 2.96. The van der Waals surface area contributed by atoms with Crippen LogP contribution in [-0.2, 0) is 6.54 Å². The molecular formula is C22H28ClN5O2. The number of hydrogen-bond donors (Lipinski definition) is 2. The van der Waals surface area contributed by atoms with Crippen molar-refractivity contribution in [3.63, 3.8) is 0 Å². The fourth-order valence-corrected chi connectivity index (χ4v) is 2.96. The van der Waals surface area contributed by atoms with E-state index in [0.717, 1.165) is 29.2 Å². The predicted molar refractivity (Wildman–Crippen MR) is 121 cm³/mol. The average molecular weight is 430 g/mol. The first-order chi connectivity index (χ1) is 14.0. The Morgan fingerprint density at radius 1 is 1.13 bits per heavy atom. The number of nitrogens with one attached hydrogen (secondary N) is 2. The summed E-state index contributed by atoms with van der Waals surface area (Å²) >= 11 is 0. The van der Waals surface area contributed by atoms with Gasteiger partial charge in [0.1, 0.15) is 5.75 Å². The van der Waals surface area contributed by atoms with E-state index in [1.807, 2.05) is 76.2 Å². The maximum atomic E-state index is 12.8. The molecule has 0 bridgehead atoms. The summed E-state index contributed by atoms with van der Waals surface area (Å²) < 4.78 is 7.32. The molecule has 0 unspecified atom stereocenters. The quantitative estimate of drug-likeness (QED) is 0.562. The van der Waals surface area contributed by atoms with Crippen LogP contribution in [0.5, 0.6) is 5.75 Å². The van der Waals surface area contributed by atoms with Gasteiger partial charge in [-0.25, -0.2) is 4.68 Å². The van der Waals surface area contributed by atoms with Gasteiger partial charge < -0.3 is 15.4 Å². The van der Waals surface area contributed by atoms with Crippen molar-refractivity contribution in [2.75, 3.05) is 11.9 Å². The summed E-state index contributed by atoms with van der Waals surface area (Å²) in [5, 5.41) is 14.5. The largest absolute Gasteiger partial charge is 0.491 e. The van der Waals surface area contributed by atoms with E-state index in [0.29, 0.717) is 17.9 Å². The topological polar surface area (TPSA) is 81.1 Å². The van der Waals surface area contributed by atoms with E-state index in [9.17, 15) is 4.79 Å². The summed E-state index contributed by atoms with van der Waals surface area (Å²) in [4.78, 5) is 12.8. The molecule has 30 heavy (non-hydrogen) atoms. The molecule has 3 aromatic rings. The summed E-state index contributed by atoms with van der Waals surface area (Å²) in [5.41, 5.74) is 3.57. The number of aromatic nitrogens is 3. The van der Waals surface area contributed by atoms with Gasteiger partial charge >= 0.3 is 0 Å². The van der Waals surface area contributed by atoms with E-state index in [2.05, 4.69) is 20.9 Å². The molecule has 0 saturated heterocycles. The van der Waals surface area contributed by atoms with Gasteiger partial charge in [-0.2, -0.15) is 0 Å². The second-order valence-electron chi connectivity index (χ2n) is 6.99. The highest BCUT2D eigenvalue weighted by Crippen LogP contribution is 2.20. The van der Waals surface area contributed by atoms with Gasteiger partial charge in [-0.3, -0.25) is 4.79 Å². The molecule has 3 rings (SSSR count). The van der Waals surface area contributed by atoms with E-state index < -0.39 is 0 Å². The van der Waals surface area contributed by atoms with E-state index in [1.54, 1.807) is 4.68 Å². The van der Waals surface area contributed by atoms with Crippen molar-refractivity contribution < 1.29 is 9.53 Å². The van der Waals surface area contributed by atoms with Crippen molar-refractivity contribution in [1.82, 2.24) is 20.3 Å². The first-order valence-electron chi connectivity index (χ1n) is 9.79. The summed E-state index contributed by atoms with van der Waals surface area (Å²) in [6.07, 6.45) is 0.111. The van der Waals surface area contributed by atoms with Crippen molar-refractivity contribution in [2.24, 2.45) is 0 Å². The van der Waals surface area contributed by atoms with Gasteiger partial charge in [0.2, 0.25) is 0 Å². The molecule has 2 aromatic carbocycles. The number of carbonyl (C=O) groups is 1. The summed E-state index contributed by atoms with van der Waals surface area (Å²) in [6.45, 7) is 9.39. The van der Waals surface area contributed by atoms with Crippen LogP contribution in [0.4, 0.5) is 5.69 Å². The van der Waals surface area contributed by atoms with Crippen molar-refractivity contribution >= 4 is 24.0 Å². The number of para-hydroxylation sites is 1. The number of ether oxygens (including phenoxy) is 1. The van der Waals surface area contributed by atoms with Gasteiger partial charge in [0.05, 0.1) is 17.5 Å². The van der Waals surface area contributed by atoms with Crippen LogP contribution in [0.2, 0.25) is 0 Å². The van der Waals surface area contributed by atoms with Crippen LogP contribution in [0.15, 0.2) is 48.5 Å². The van der Waals surface area contributed by atoms with Crippen LogP contribution in [0.3, 0.4) is 0 Å².